The Balaban J connectivity index is 2.13. The molecule has 0 heterocycles. The maximum absolute atomic E-state index is 12.3. The third-order valence-corrected chi connectivity index (χ3v) is 4.34. The summed E-state index contributed by atoms with van der Waals surface area (Å²) in [4.78, 5) is 12.3. The minimum absolute atomic E-state index is 0.209. The molecule has 1 aliphatic carbocycles. The van der Waals surface area contributed by atoms with E-state index >= 15 is 0 Å². The largest absolute Gasteiger partial charge is 0.299 e. The van der Waals surface area contributed by atoms with Gasteiger partial charge in [-0.05, 0) is 35.2 Å². The molecule has 2 aromatic rings. The average Bonchev–Trinajstić information content (AvgIpc) is 2.42. The molecule has 0 aliphatic heterocycles. The van der Waals surface area contributed by atoms with Gasteiger partial charge in [-0.3, -0.25) is 4.79 Å². The predicted octanol–water partition coefficient (Wildman–Crippen LogP) is 4.64. The van der Waals surface area contributed by atoms with Gasteiger partial charge in [-0.15, -0.1) is 0 Å². The van der Waals surface area contributed by atoms with Gasteiger partial charge in [-0.2, -0.15) is 0 Å². The normalized spacial score (nSPS) is 18.2. The molecule has 96 valence electrons. The van der Waals surface area contributed by atoms with Crippen LogP contribution >= 0.6 is 23.2 Å². The molecule has 0 amide bonds. The lowest BCUT2D eigenvalue weighted by Gasteiger charge is -2.25. The molecule has 3 rings (SSSR count). The van der Waals surface area contributed by atoms with E-state index in [4.69, 9.17) is 23.2 Å². The van der Waals surface area contributed by atoms with Crippen LogP contribution < -0.4 is 0 Å². The van der Waals surface area contributed by atoms with Crippen LogP contribution in [-0.4, -0.2) is 5.78 Å². The van der Waals surface area contributed by atoms with Crippen molar-refractivity contribution in [2.45, 2.75) is 18.8 Å². The molecule has 0 aromatic heterocycles. The van der Waals surface area contributed by atoms with Crippen LogP contribution in [0.2, 0.25) is 10.0 Å². The van der Waals surface area contributed by atoms with E-state index in [1.165, 1.54) is 5.56 Å². The van der Waals surface area contributed by atoms with Crippen LogP contribution in [0.1, 0.15) is 29.0 Å². The highest BCUT2D eigenvalue weighted by Crippen LogP contribution is 2.36. The minimum Gasteiger partial charge on any atom is -0.299 e. The van der Waals surface area contributed by atoms with E-state index in [1.807, 2.05) is 24.3 Å². The van der Waals surface area contributed by atoms with Crippen molar-refractivity contribution in [1.82, 2.24) is 0 Å². The summed E-state index contributed by atoms with van der Waals surface area (Å²) in [5, 5.41) is 1.01. The molecule has 0 saturated carbocycles. The van der Waals surface area contributed by atoms with E-state index in [9.17, 15) is 4.79 Å². The second kappa shape index (κ2) is 4.99. The molecule has 0 saturated heterocycles. The number of hydrogen-bond acceptors (Lipinski definition) is 1. The molecule has 3 heteroatoms. The molecule has 0 fully saturated rings. The molecule has 0 spiro atoms. The summed E-state index contributed by atoms with van der Waals surface area (Å²) in [6.45, 7) is 0. The SMILES string of the molecule is O=C1CCc2ccccc2C1c1ccc(Cl)c(Cl)c1. The number of carbonyl (C=O) groups is 1. The molecule has 0 radical (unpaired) electrons. The van der Waals surface area contributed by atoms with Gasteiger partial charge in [0.25, 0.3) is 0 Å². The van der Waals surface area contributed by atoms with Crippen LogP contribution in [0, 0.1) is 0 Å². The summed E-state index contributed by atoms with van der Waals surface area (Å²) in [5.41, 5.74) is 3.27. The number of hydrogen-bond donors (Lipinski definition) is 0. The smallest absolute Gasteiger partial charge is 0.145 e. The van der Waals surface area contributed by atoms with Gasteiger partial charge >= 0.3 is 0 Å². The fourth-order valence-corrected chi connectivity index (χ4v) is 2.98. The van der Waals surface area contributed by atoms with E-state index in [0.29, 0.717) is 16.5 Å². The van der Waals surface area contributed by atoms with Crippen molar-refractivity contribution in [3.63, 3.8) is 0 Å². The molecule has 19 heavy (non-hydrogen) atoms. The first-order chi connectivity index (χ1) is 9.16. The monoisotopic (exact) mass is 290 g/mol. The average molecular weight is 291 g/mol. The second-order valence-corrected chi connectivity index (χ2v) is 5.59. The van der Waals surface area contributed by atoms with Crippen molar-refractivity contribution in [2.75, 3.05) is 0 Å². The van der Waals surface area contributed by atoms with E-state index in [0.717, 1.165) is 17.5 Å². The number of Topliss-reactive ketones (excluding diaryl/α,β-unsaturated/α-hetero) is 1. The molecular weight excluding hydrogens is 279 g/mol. The van der Waals surface area contributed by atoms with Gasteiger partial charge in [0.15, 0.2) is 0 Å². The summed E-state index contributed by atoms with van der Waals surface area (Å²) in [6.07, 6.45) is 1.41. The van der Waals surface area contributed by atoms with Crippen LogP contribution in [0.3, 0.4) is 0 Å². The third-order valence-electron chi connectivity index (χ3n) is 3.61. The summed E-state index contributed by atoms with van der Waals surface area (Å²) in [6, 6.07) is 13.5. The maximum atomic E-state index is 12.3. The van der Waals surface area contributed by atoms with Gasteiger partial charge in [0.1, 0.15) is 5.78 Å². The highest BCUT2D eigenvalue weighted by Gasteiger charge is 2.28. The van der Waals surface area contributed by atoms with Crippen molar-refractivity contribution < 1.29 is 4.79 Å². The second-order valence-electron chi connectivity index (χ2n) is 4.77. The van der Waals surface area contributed by atoms with E-state index in [-0.39, 0.29) is 11.7 Å². The number of aryl methyl sites for hydroxylation is 1. The van der Waals surface area contributed by atoms with Crippen LogP contribution in [0.25, 0.3) is 0 Å². The molecule has 1 atom stereocenters. The molecule has 1 unspecified atom stereocenters. The highest BCUT2D eigenvalue weighted by atomic mass is 35.5. The standard InChI is InChI=1S/C16H12Cl2O/c17-13-7-5-11(9-14(13)18)16-12-4-2-1-3-10(12)6-8-15(16)19/h1-5,7,9,16H,6,8H2. The lowest BCUT2D eigenvalue weighted by molar-refractivity contribution is -0.120. The summed E-state index contributed by atoms with van der Waals surface area (Å²) in [5.74, 6) is 0.0387. The Hall–Kier alpha value is -1.31. The molecule has 2 aromatic carbocycles. The Morgan fingerprint density at radius 3 is 2.53 bits per heavy atom. The zero-order valence-electron chi connectivity index (χ0n) is 10.2. The van der Waals surface area contributed by atoms with Crippen LogP contribution in [-0.2, 0) is 11.2 Å². The van der Waals surface area contributed by atoms with Gasteiger partial charge in [-0.25, -0.2) is 0 Å². The number of benzene rings is 2. The molecular formula is C16H12Cl2O. The highest BCUT2D eigenvalue weighted by molar-refractivity contribution is 6.42. The van der Waals surface area contributed by atoms with Crippen molar-refractivity contribution in [3.05, 3.63) is 69.2 Å². The lowest BCUT2D eigenvalue weighted by atomic mass is 9.78. The van der Waals surface area contributed by atoms with Crippen molar-refractivity contribution in [2.24, 2.45) is 0 Å². The number of fused-ring (bicyclic) bond motifs is 1. The van der Waals surface area contributed by atoms with E-state index in [1.54, 1.807) is 12.1 Å². The predicted molar refractivity (Wildman–Crippen MR) is 78.1 cm³/mol. The molecule has 0 bridgehead atoms. The zero-order valence-corrected chi connectivity index (χ0v) is 11.7. The summed E-state index contributed by atoms with van der Waals surface area (Å²) in [7, 11) is 0. The third kappa shape index (κ3) is 2.29. The van der Waals surface area contributed by atoms with Crippen molar-refractivity contribution in [1.29, 1.82) is 0 Å². The zero-order chi connectivity index (χ0) is 13.4. The molecule has 1 aliphatic rings. The summed E-state index contributed by atoms with van der Waals surface area (Å²) >= 11 is 12.0. The Bertz CT molecular complexity index is 649. The molecule has 1 nitrogen and oxygen atoms in total. The number of halogens is 2. The fourth-order valence-electron chi connectivity index (χ4n) is 2.68. The Kier molecular flexibility index (Phi) is 3.34. The lowest BCUT2D eigenvalue weighted by Crippen LogP contribution is -2.21. The van der Waals surface area contributed by atoms with Crippen LogP contribution in [0.4, 0.5) is 0 Å². The topological polar surface area (TPSA) is 17.1 Å². The van der Waals surface area contributed by atoms with Crippen molar-refractivity contribution in [3.8, 4) is 0 Å². The van der Waals surface area contributed by atoms with Crippen LogP contribution in [0.15, 0.2) is 42.5 Å². The Morgan fingerprint density at radius 1 is 0.947 bits per heavy atom. The quantitative estimate of drug-likeness (QED) is 0.748. The van der Waals surface area contributed by atoms with Gasteiger partial charge in [0, 0.05) is 6.42 Å². The Labute approximate surface area is 122 Å². The number of carbonyl (C=O) groups excluding carboxylic acids is 1. The van der Waals surface area contributed by atoms with Crippen molar-refractivity contribution >= 4 is 29.0 Å². The van der Waals surface area contributed by atoms with Gasteiger partial charge in [-0.1, -0.05) is 53.5 Å². The first-order valence-electron chi connectivity index (χ1n) is 6.22. The van der Waals surface area contributed by atoms with E-state index in [2.05, 4.69) is 6.07 Å². The van der Waals surface area contributed by atoms with E-state index < -0.39 is 0 Å². The van der Waals surface area contributed by atoms with Crippen LogP contribution in [0.5, 0.6) is 0 Å². The van der Waals surface area contributed by atoms with Gasteiger partial charge in [0.05, 0.1) is 16.0 Å². The fraction of sp³-hybridized carbons (Fsp3) is 0.188. The first kappa shape index (κ1) is 12.7. The number of ketones is 1. The summed E-state index contributed by atoms with van der Waals surface area (Å²) < 4.78 is 0. The van der Waals surface area contributed by atoms with Gasteiger partial charge in [0.2, 0.25) is 0 Å². The van der Waals surface area contributed by atoms with Gasteiger partial charge < -0.3 is 0 Å². The number of rotatable bonds is 1. The first-order valence-corrected chi connectivity index (χ1v) is 6.98. The Morgan fingerprint density at radius 2 is 1.74 bits per heavy atom. The minimum atomic E-state index is -0.209. The maximum Gasteiger partial charge on any atom is 0.145 e. The molecule has 0 N–H and O–H groups in total.